The minimum atomic E-state index is -0.906. The molecule has 3 rings (SSSR count). The Hall–Kier alpha value is -3.13. The fourth-order valence-electron chi connectivity index (χ4n) is 3.42. The lowest BCUT2D eigenvalue weighted by atomic mass is 9.73. The van der Waals surface area contributed by atoms with Crippen molar-refractivity contribution >= 4 is 11.8 Å². The SMILES string of the molecule is COc1ccc(C(=O)NNC(=O)C2(c3ccc(F)cc3)CCOCC2)cc1OC. The first kappa shape index (κ1) is 20.6. The van der Waals surface area contributed by atoms with Gasteiger partial charge in [0.15, 0.2) is 11.5 Å². The molecule has 154 valence electrons. The van der Waals surface area contributed by atoms with Gasteiger partial charge in [0.2, 0.25) is 5.91 Å². The zero-order chi connectivity index (χ0) is 20.9. The molecule has 1 heterocycles. The summed E-state index contributed by atoms with van der Waals surface area (Å²) in [5.41, 5.74) is 5.02. The largest absolute Gasteiger partial charge is 0.493 e. The van der Waals surface area contributed by atoms with Gasteiger partial charge in [-0.3, -0.25) is 20.4 Å². The maximum Gasteiger partial charge on any atom is 0.269 e. The van der Waals surface area contributed by atoms with E-state index in [1.807, 2.05) is 0 Å². The standard InChI is InChI=1S/C21H23FN2O5/c1-27-17-8-3-14(13-18(17)28-2)19(25)23-24-20(26)21(9-11-29-12-10-21)15-4-6-16(22)7-5-15/h3-8,13H,9-12H2,1-2H3,(H,23,25)(H,24,26). The minimum absolute atomic E-state index is 0.297. The number of amides is 2. The number of nitrogens with one attached hydrogen (secondary N) is 2. The first-order valence-corrected chi connectivity index (χ1v) is 9.17. The normalized spacial score (nSPS) is 15.3. The molecule has 2 amide bonds. The highest BCUT2D eigenvalue weighted by atomic mass is 19.1. The number of ether oxygens (including phenoxy) is 3. The van der Waals surface area contributed by atoms with Crippen molar-refractivity contribution in [1.29, 1.82) is 0 Å². The van der Waals surface area contributed by atoms with Crippen LogP contribution in [0.1, 0.15) is 28.8 Å². The molecule has 1 fully saturated rings. The molecule has 29 heavy (non-hydrogen) atoms. The summed E-state index contributed by atoms with van der Waals surface area (Å²) in [6, 6.07) is 10.5. The molecule has 0 aromatic heterocycles. The molecule has 2 aromatic rings. The summed E-state index contributed by atoms with van der Waals surface area (Å²) in [7, 11) is 2.97. The van der Waals surface area contributed by atoms with Gasteiger partial charge in [-0.2, -0.15) is 0 Å². The minimum Gasteiger partial charge on any atom is -0.493 e. The van der Waals surface area contributed by atoms with Crippen LogP contribution in [0.15, 0.2) is 42.5 Å². The monoisotopic (exact) mass is 402 g/mol. The smallest absolute Gasteiger partial charge is 0.269 e. The van der Waals surface area contributed by atoms with Crippen LogP contribution in [0.3, 0.4) is 0 Å². The highest BCUT2D eigenvalue weighted by Crippen LogP contribution is 2.35. The Morgan fingerprint density at radius 2 is 1.62 bits per heavy atom. The second kappa shape index (κ2) is 8.91. The second-order valence-corrected chi connectivity index (χ2v) is 6.68. The molecule has 1 saturated heterocycles. The molecule has 1 aliphatic rings. The van der Waals surface area contributed by atoms with Crippen molar-refractivity contribution in [3.63, 3.8) is 0 Å². The number of methoxy groups -OCH3 is 2. The van der Waals surface area contributed by atoms with Gasteiger partial charge in [-0.05, 0) is 48.7 Å². The van der Waals surface area contributed by atoms with Crippen LogP contribution in [-0.4, -0.2) is 39.2 Å². The molecule has 0 saturated carbocycles. The Morgan fingerprint density at radius 3 is 2.24 bits per heavy atom. The molecule has 0 aliphatic carbocycles. The Labute approximate surface area is 168 Å². The van der Waals surface area contributed by atoms with E-state index in [0.717, 1.165) is 0 Å². The zero-order valence-electron chi connectivity index (χ0n) is 16.3. The maximum atomic E-state index is 13.3. The molecule has 0 bridgehead atoms. The van der Waals surface area contributed by atoms with Gasteiger partial charge in [-0.15, -0.1) is 0 Å². The number of rotatable bonds is 5. The molecule has 7 nitrogen and oxygen atoms in total. The van der Waals surface area contributed by atoms with Gasteiger partial charge in [0.05, 0.1) is 19.6 Å². The summed E-state index contributed by atoms with van der Waals surface area (Å²) in [6.07, 6.45) is 0.855. The molecular weight excluding hydrogens is 379 g/mol. The zero-order valence-corrected chi connectivity index (χ0v) is 16.3. The molecule has 0 unspecified atom stereocenters. The average Bonchev–Trinajstić information content (AvgIpc) is 2.77. The van der Waals surface area contributed by atoms with Gasteiger partial charge in [-0.25, -0.2) is 4.39 Å². The van der Waals surface area contributed by atoms with Gasteiger partial charge < -0.3 is 14.2 Å². The van der Waals surface area contributed by atoms with E-state index in [1.54, 1.807) is 24.3 Å². The second-order valence-electron chi connectivity index (χ2n) is 6.68. The third-order valence-corrected chi connectivity index (χ3v) is 5.11. The predicted octanol–water partition coefficient (Wildman–Crippen LogP) is 2.35. The van der Waals surface area contributed by atoms with E-state index in [-0.39, 0.29) is 11.7 Å². The molecule has 2 N–H and O–H groups in total. The number of hydrazine groups is 1. The highest BCUT2D eigenvalue weighted by molar-refractivity contribution is 5.97. The first-order chi connectivity index (χ1) is 14.0. The van der Waals surface area contributed by atoms with Gasteiger partial charge in [0.1, 0.15) is 5.82 Å². The number of hydrogen-bond acceptors (Lipinski definition) is 5. The van der Waals surface area contributed by atoms with E-state index in [1.165, 1.54) is 32.4 Å². The third kappa shape index (κ3) is 4.32. The number of hydrogen-bond donors (Lipinski definition) is 2. The van der Waals surface area contributed by atoms with E-state index >= 15 is 0 Å². The van der Waals surface area contributed by atoms with Crippen LogP contribution in [-0.2, 0) is 14.9 Å². The highest BCUT2D eigenvalue weighted by Gasteiger charge is 2.42. The topological polar surface area (TPSA) is 85.9 Å². The Morgan fingerprint density at radius 1 is 0.966 bits per heavy atom. The van der Waals surface area contributed by atoms with Gasteiger partial charge >= 0.3 is 0 Å². The van der Waals surface area contributed by atoms with Crippen molar-refractivity contribution in [1.82, 2.24) is 10.9 Å². The van der Waals surface area contributed by atoms with E-state index < -0.39 is 11.3 Å². The lowest BCUT2D eigenvalue weighted by Gasteiger charge is -2.36. The Balaban J connectivity index is 1.75. The first-order valence-electron chi connectivity index (χ1n) is 9.17. The summed E-state index contributed by atoms with van der Waals surface area (Å²) in [5, 5.41) is 0. The van der Waals surface area contributed by atoms with Crippen LogP contribution >= 0.6 is 0 Å². The Kier molecular flexibility index (Phi) is 6.33. The molecule has 1 aliphatic heterocycles. The van der Waals surface area contributed by atoms with Crippen LogP contribution < -0.4 is 20.3 Å². The van der Waals surface area contributed by atoms with E-state index in [4.69, 9.17) is 14.2 Å². The van der Waals surface area contributed by atoms with Gasteiger partial charge in [0.25, 0.3) is 5.91 Å². The van der Waals surface area contributed by atoms with Crippen molar-refractivity contribution in [3.8, 4) is 11.5 Å². The fraction of sp³-hybridized carbons (Fsp3) is 0.333. The van der Waals surface area contributed by atoms with E-state index in [0.29, 0.717) is 48.7 Å². The fourth-order valence-corrected chi connectivity index (χ4v) is 3.42. The quantitative estimate of drug-likeness (QED) is 0.750. The summed E-state index contributed by atoms with van der Waals surface area (Å²) in [5.74, 6) is -0.357. The summed E-state index contributed by atoms with van der Waals surface area (Å²) < 4.78 is 29.1. The van der Waals surface area contributed by atoms with Crippen molar-refractivity contribution in [2.24, 2.45) is 0 Å². The van der Waals surface area contributed by atoms with Crippen molar-refractivity contribution in [2.75, 3.05) is 27.4 Å². The lowest BCUT2D eigenvalue weighted by molar-refractivity contribution is -0.131. The van der Waals surface area contributed by atoms with Crippen LogP contribution in [0.2, 0.25) is 0 Å². The van der Waals surface area contributed by atoms with Gasteiger partial charge in [-0.1, -0.05) is 12.1 Å². The number of halogens is 1. The maximum absolute atomic E-state index is 13.3. The van der Waals surface area contributed by atoms with Crippen LogP contribution in [0, 0.1) is 5.82 Å². The molecule has 2 aromatic carbocycles. The lowest BCUT2D eigenvalue weighted by Crippen LogP contribution is -2.53. The summed E-state index contributed by atoms with van der Waals surface area (Å²) in [6.45, 7) is 0.794. The number of carbonyl (C=O) groups is 2. The van der Waals surface area contributed by atoms with Gasteiger partial charge in [0, 0.05) is 18.8 Å². The third-order valence-electron chi connectivity index (χ3n) is 5.11. The van der Waals surface area contributed by atoms with Crippen molar-refractivity contribution < 1.29 is 28.2 Å². The molecule has 8 heteroatoms. The van der Waals surface area contributed by atoms with Crippen molar-refractivity contribution in [2.45, 2.75) is 18.3 Å². The summed E-state index contributed by atoms with van der Waals surface area (Å²) in [4.78, 5) is 25.5. The van der Waals surface area contributed by atoms with E-state index in [2.05, 4.69) is 10.9 Å². The molecule has 0 atom stereocenters. The van der Waals surface area contributed by atoms with E-state index in [9.17, 15) is 14.0 Å². The Bertz CT molecular complexity index is 879. The van der Waals surface area contributed by atoms with Crippen molar-refractivity contribution in [3.05, 3.63) is 59.4 Å². The molecule has 0 spiro atoms. The predicted molar refractivity (Wildman–Crippen MR) is 103 cm³/mol. The molecule has 0 radical (unpaired) electrons. The number of benzene rings is 2. The summed E-state index contributed by atoms with van der Waals surface area (Å²) >= 11 is 0. The average molecular weight is 402 g/mol. The number of carbonyl (C=O) groups excluding carboxylic acids is 2. The van der Waals surface area contributed by atoms with Crippen LogP contribution in [0.4, 0.5) is 4.39 Å². The molecular formula is C21H23FN2O5. The van der Waals surface area contributed by atoms with Crippen LogP contribution in [0.25, 0.3) is 0 Å². The van der Waals surface area contributed by atoms with Crippen LogP contribution in [0.5, 0.6) is 11.5 Å².